The van der Waals surface area contributed by atoms with E-state index in [2.05, 4.69) is 21.2 Å². The molecule has 1 rings (SSSR count). The molecular weight excluding hydrogens is 302 g/mol. The molecule has 1 aromatic rings. The van der Waals surface area contributed by atoms with Gasteiger partial charge in [-0.05, 0) is 24.6 Å². The van der Waals surface area contributed by atoms with Crippen LogP contribution in [0.2, 0.25) is 0 Å². The number of carboxylic acid groups (broad SMARTS) is 1. The lowest BCUT2D eigenvalue weighted by atomic mass is 10.1. The van der Waals surface area contributed by atoms with Crippen molar-refractivity contribution in [3.63, 3.8) is 0 Å². The van der Waals surface area contributed by atoms with Gasteiger partial charge in [-0.2, -0.15) is 0 Å². The fourth-order valence-electron chi connectivity index (χ4n) is 1.34. The van der Waals surface area contributed by atoms with Gasteiger partial charge in [0.1, 0.15) is 6.61 Å². The summed E-state index contributed by atoms with van der Waals surface area (Å²) in [6.07, 6.45) is 0. The van der Waals surface area contributed by atoms with Crippen molar-refractivity contribution in [3.8, 4) is 0 Å². The van der Waals surface area contributed by atoms with Crippen molar-refractivity contribution in [2.45, 2.75) is 13.0 Å². The third kappa shape index (κ3) is 4.46. The molecule has 0 bridgehead atoms. The van der Waals surface area contributed by atoms with Gasteiger partial charge in [0.05, 0.1) is 0 Å². The second-order valence-corrected chi connectivity index (χ2v) is 4.44. The third-order valence-corrected chi connectivity index (χ3v) is 2.72. The number of benzene rings is 1. The van der Waals surface area contributed by atoms with Crippen molar-refractivity contribution in [1.82, 2.24) is 5.32 Å². The maximum Gasteiger partial charge on any atom is 0.330 e. The molecule has 0 fully saturated rings. The minimum atomic E-state index is -1.11. The molecule has 5 nitrogen and oxygen atoms in total. The molecule has 0 aliphatic carbocycles. The average molecular weight is 316 g/mol. The van der Waals surface area contributed by atoms with Gasteiger partial charge in [0.2, 0.25) is 5.91 Å². The summed E-state index contributed by atoms with van der Waals surface area (Å²) in [5, 5.41) is 11.5. The number of hydrogen-bond donors (Lipinski definition) is 2. The zero-order valence-corrected chi connectivity index (χ0v) is 11.4. The van der Waals surface area contributed by atoms with E-state index in [1.54, 1.807) is 31.2 Å². The topological polar surface area (TPSA) is 75.6 Å². The second kappa shape index (κ2) is 7.13. The van der Waals surface area contributed by atoms with E-state index in [-0.39, 0.29) is 6.61 Å². The van der Waals surface area contributed by atoms with Gasteiger partial charge < -0.3 is 15.2 Å². The van der Waals surface area contributed by atoms with Gasteiger partial charge in [-0.15, -0.1) is 0 Å². The predicted octanol–water partition coefficient (Wildman–Crippen LogP) is 1.73. The molecule has 0 aliphatic rings. The molecule has 1 atom stereocenters. The van der Waals surface area contributed by atoms with Crippen LogP contribution in [0.1, 0.15) is 18.5 Å². The molecule has 18 heavy (non-hydrogen) atoms. The van der Waals surface area contributed by atoms with E-state index in [1.807, 2.05) is 0 Å². The molecule has 1 aromatic carbocycles. The summed E-state index contributed by atoms with van der Waals surface area (Å²) < 4.78 is 5.76. The van der Waals surface area contributed by atoms with Crippen LogP contribution in [-0.2, 0) is 14.3 Å². The molecule has 0 saturated carbocycles. The fraction of sp³-hybridized carbons (Fsp3) is 0.333. The first-order valence-corrected chi connectivity index (χ1v) is 6.19. The highest BCUT2D eigenvalue weighted by molar-refractivity contribution is 9.10. The zero-order valence-electron chi connectivity index (χ0n) is 9.85. The van der Waals surface area contributed by atoms with Crippen molar-refractivity contribution in [3.05, 3.63) is 34.3 Å². The maximum absolute atomic E-state index is 11.4. The van der Waals surface area contributed by atoms with Gasteiger partial charge in [-0.3, -0.25) is 4.79 Å². The van der Waals surface area contributed by atoms with Crippen molar-refractivity contribution >= 4 is 27.8 Å². The molecule has 0 aromatic heterocycles. The minimum Gasteiger partial charge on any atom is -0.479 e. The van der Waals surface area contributed by atoms with Crippen molar-refractivity contribution < 1.29 is 19.4 Å². The van der Waals surface area contributed by atoms with Crippen LogP contribution in [0.15, 0.2) is 28.7 Å². The summed E-state index contributed by atoms with van der Waals surface area (Å²) >= 11 is 3.26. The van der Waals surface area contributed by atoms with Gasteiger partial charge >= 0.3 is 5.97 Å². The number of carbonyl (C=O) groups excluding carboxylic acids is 1. The summed E-state index contributed by atoms with van der Waals surface area (Å²) in [7, 11) is 0. The lowest BCUT2D eigenvalue weighted by molar-refractivity contribution is -0.142. The molecule has 0 radical (unpaired) electrons. The van der Waals surface area contributed by atoms with E-state index < -0.39 is 17.9 Å². The molecule has 1 amide bonds. The number of ether oxygens (including phenoxy) is 1. The van der Waals surface area contributed by atoms with Gasteiger partial charge in [0, 0.05) is 11.1 Å². The Balaban J connectivity index is 2.74. The molecule has 98 valence electrons. The second-order valence-electron chi connectivity index (χ2n) is 3.53. The predicted molar refractivity (Wildman–Crippen MR) is 69.2 cm³/mol. The van der Waals surface area contributed by atoms with Crippen LogP contribution < -0.4 is 5.32 Å². The first-order valence-electron chi connectivity index (χ1n) is 5.40. The van der Waals surface area contributed by atoms with Crippen molar-refractivity contribution in [1.29, 1.82) is 0 Å². The summed E-state index contributed by atoms with van der Waals surface area (Å²) in [4.78, 5) is 22.6. The van der Waals surface area contributed by atoms with Crippen LogP contribution >= 0.6 is 15.9 Å². The number of rotatable bonds is 6. The molecule has 2 N–H and O–H groups in total. The average Bonchev–Trinajstić information content (AvgIpc) is 2.34. The highest BCUT2D eigenvalue weighted by Gasteiger charge is 2.21. The SMILES string of the molecule is CCOCC(=O)NC(C(=O)O)c1ccc(Br)cc1. The quantitative estimate of drug-likeness (QED) is 0.838. The number of amides is 1. The van der Waals surface area contributed by atoms with Gasteiger partial charge in [-0.1, -0.05) is 28.1 Å². The van der Waals surface area contributed by atoms with Crippen LogP contribution in [0, 0.1) is 0 Å². The van der Waals surface area contributed by atoms with Crippen LogP contribution in [0.5, 0.6) is 0 Å². The minimum absolute atomic E-state index is 0.142. The highest BCUT2D eigenvalue weighted by Crippen LogP contribution is 2.17. The first kappa shape index (κ1) is 14.7. The number of halogens is 1. The number of carboxylic acids is 1. The summed E-state index contributed by atoms with van der Waals surface area (Å²) in [6, 6.07) is 5.67. The fourth-order valence-corrected chi connectivity index (χ4v) is 1.60. The van der Waals surface area contributed by atoms with Gasteiger partial charge in [-0.25, -0.2) is 4.79 Å². The molecule has 6 heteroatoms. The Kier molecular flexibility index (Phi) is 5.80. The molecule has 1 unspecified atom stereocenters. The maximum atomic E-state index is 11.4. The Morgan fingerprint density at radius 3 is 2.50 bits per heavy atom. The lowest BCUT2D eigenvalue weighted by Crippen LogP contribution is -2.36. The zero-order chi connectivity index (χ0) is 13.5. The van der Waals surface area contributed by atoms with Crippen LogP contribution in [0.3, 0.4) is 0 Å². The van der Waals surface area contributed by atoms with E-state index >= 15 is 0 Å². The van der Waals surface area contributed by atoms with Crippen molar-refractivity contribution in [2.24, 2.45) is 0 Å². The van der Waals surface area contributed by atoms with E-state index in [9.17, 15) is 9.59 Å². The molecule has 0 aliphatic heterocycles. The Morgan fingerprint density at radius 2 is 2.00 bits per heavy atom. The largest absolute Gasteiger partial charge is 0.479 e. The molecule has 0 spiro atoms. The Bertz CT molecular complexity index is 419. The third-order valence-electron chi connectivity index (χ3n) is 2.19. The van der Waals surface area contributed by atoms with Gasteiger partial charge in [0.15, 0.2) is 6.04 Å². The molecule has 0 saturated heterocycles. The Hall–Kier alpha value is -1.40. The van der Waals surface area contributed by atoms with E-state index in [0.717, 1.165) is 4.47 Å². The Labute approximate surface area is 113 Å². The van der Waals surface area contributed by atoms with E-state index in [4.69, 9.17) is 9.84 Å². The summed E-state index contributed by atoms with van der Waals surface area (Å²) in [5.74, 6) is -1.56. The summed E-state index contributed by atoms with van der Waals surface area (Å²) in [5.41, 5.74) is 0.510. The normalized spacial score (nSPS) is 11.9. The number of carbonyl (C=O) groups is 2. The number of nitrogens with one attached hydrogen (secondary N) is 1. The molecular formula is C12H14BrNO4. The van der Waals surface area contributed by atoms with Crippen LogP contribution in [0.4, 0.5) is 0 Å². The van der Waals surface area contributed by atoms with Crippen LogP contribution in [0.25, 0.3) is 0 Å². The monoisotopic (exact) mass is 315 g/mol. The highest BCUT2D eigenvalue weighted by atomic mass is 79.9. The standard InChI is InChI=1S/C12H14BrNO4/c1-2-18-7-10(15)14-11(12(16)17)8-3-5-9(13)6-4-8/h3-6,11H,2,7H2,1H3,(H,14,15)(H,16,17). The van der Waals surface area contributed by atoms with Crippen molar-refractivity contribution in [2.75, 3.05) is 13.2 Å². The Morgan fingerprint density at radius 1 is 1.39 bits per heavy atom. The van der Waals surface area contributed by atoms with Gasteiger partial charge in [0.25, 0.3) is 0 Å². The lowest BCUT2D eigenvalue weighted by Gasteiger charge is -2.14. The smallest absolute Gasteiger partial charge is 0.330 e. The molecule has 0 heterocycles. The van der Waals surface area contributed by atoms with Crippen LogP contribution in [-0.4, -0.2) is 30.2 Å². The summed E-state index contributed by atoms with van der Waals surface area (Å²) in [6.45, 7) is 2.02. The number of hydrogen-bond acceptors (Lipinski definition) is 3. The number of aliphatic carboxylic acids is 1. The first-order chi connectivity index (χ1) is 8.54. The van der Waals surface area contributed by atoms with E-state index in [1.165, 1.54) is 0 Å². The van der Waals surface area contributed by atoms with E-state index in [0.29, 0.717) is 12.2 Å².